The van der Waals surface area contributed by atoms with Gasteiger partial charge in [0, 0.05) is 25.2 Å². The minimum atomic E-state index is -0.624. The van der Waals surface area contributed by atoms with Crippen molar-refractivity contribution in [3.8, 4) is 11.5 Å². The lowest BCUT2D eigenvalue weighted by molar-refractivity contribution is -0.139. The standard InChI is InChI=1S/C23H29N3O5/c1-15-9-19(16(2)31-15)13-26-7-5-17(6-8-26)11-24-22(27)23(28)25-12-18-3-4-20-21(10-18)30-14-29-20/h3-4,9-10,17H,5-8,11-14H2,1-2H3,(H,24,27)(H,25,28). The molecule has 1 aromatic carbocycles. The molecule has 2 amide bonds. The Kier molecular flexibility index (Phi) is 6.46. The molecule has 0 atom stereocenters. The van der Waals surface area contributed by atoms with Crippen molar-refractivity contribution < 1.29 is 23.5 Å². The van der Waals surface area contributed by atoms with Crippen molar-refractivity contribution in [1.82, 2.24) is 15.5 Å². The molecule has 4 rings (SSSR count). The molecule has 2 aliphatic rings. The highest BCUT2D eigenvalue weighted by Gasteiger charge is 2.22. The first-order valence-corrected chi connectivity index (χ1v) is 10.7. The number of likely N-dealkylation sites (tertiary alicyclic amines) is 1. The van der Waals surface area contributed by atoms with E-state index >= 15 is 0 Å². The van der Waals surface area contributed by atoms with E-state index in [-0.39, 0.29) is 13.3 Å². The van der Waals surface area contributed by atoms with Gasteiger partial charge in [-0.05, 0) is 69.5 Å². The average Bonchev–Trinajstić information content (AvgIpc) is 3.36. The summed E-state index contributed by atoms with van der Waals surface area (Å²) in [6.45, 7) is 7.79. The van der Waals surface area contributed by atoms with Crippen LogP contribution in [0.3, 0.4) is 0 Å². The molecular weight excluding hydrogens is 398 g/mol. The maximum atomic E-state index is 12.2. The number of rotatable bonds is 6. The summed E-state index contributed by atoms with van der Waals surface area (Å²) in [5.41, 5.74) is 2.09. The van der Waals surface area contributed by atoms with Gasteiger partial charge in [0.05, 0.1) is 0 Å². The summed E-state index contributed by atoms with van der Waals surface area (Å²) >= 11 is 0. The molecule has 8 heteroatoms. The fourth-order valence-electron chi connectivity index (χ4n) is 4.06. The number of benzene rings is 1. The van der Waals surface area contributed by atoms with Crippen LogP contribution in [0, 0.1) is 19.8 Å². The molecule has 3 heterocycles. The summed E-state index contributed by atoms with van der Waals surface area (Å²) in [6.07, 6.45) is 1.99. The lowest BCUT2D eigenvalue weighted by Crippen LogP contribution is -2.43. The number of nitrogens with one attached hydrogen (secondary N) is 2. The van der Waals surface area contributed by atoms with Crippen molar-refractivity contribution in [1.29, 1.82) is 0 Å². The summed E-state index contributed by atoms with van der Waals surface area (Å²) in [5.74, 6) is 2.44. The van der Waals surface area contributed by atoms with Crippen molar-refractivity contribution in [3.05, 3.63) is 46.9 Å². The fraction of sp³-hybridized carbons (Fsp3) is 0.478. The van der Waals surface area contributed by atoms with E-state index in [0.29, 0.717) is 24.0 Å². The largest absolute Gasteiger partial charge is 0.466 e. The number of amides is 2. The first-order valence-electron chi connectivity index (χ1n) is 10.7. The van der Waals surface area contributed by atoms with Gasteiger partial charge in [0.25, 0.3) is 0 Å². The minimum absolute atomic E-state index is 0.203. The van der Waals surface area contributed by atoms with Crippen molar-refractivity contribution in [3.63, 3.8) is 0 Å². The van der Waals surface area contributed by atoms with Crippen LogP contribution in [0.15, 0.2) is 28.7 Å². The van der Waals surface area contributed by atoms with Gasteiger partial charge in [-0.1, -0.05) is 6.07 Å². The number of carbonyl (C=O) groups excluding carboxylic acids is 2. The molecule has 2 aliphatic heterocycles. The van der Waals surface area contributed by atoms with Crippen LogP contribution >= 0.6 is 0 Å². The second-order valence-corrected chi connectivity index (χ2v) is 8.24. The molecule has 0 aliphatic carbocycles. The molecule has 166 valence electrons. The lowest BCUT2D eigenvalue weighted by atomic mass is 9.96. The van der Waals surface area contributed by atoms with Crippen molar-refractivity contribution in [2.24, 2.45) is 5.92 Å². The number of carbonyl (C=O) groups is 2. The molecule has 0 radical (unpaired) electrons. The van der Waals surface area contributed by atoms with Crippen molar-refractivity contribution >= 4 is 11.8 Å². The normalized spacial score (nSPS) is 16.3. The van der Waals surface area contributed by atoms with Crippen LogP contribution < -0.4 is 20.1 Å². The number of furan rings is 1. The highest BCUT2D eigenvalue weighted by molar-refractivity contribution is 6.35. The summed E-state index contributed by atoms with van der Waals surface area (Å²) < 4.78 is 16.2. The Morgan fingerprint density at radius 2 is 1.77 bits per heavy atom. The van der Waals surface area contributed by atoms with Crippen LogP contribution in [-0.2, 0) is 22.7 Å². The smallest absolute Gasteiger partial charge is 0.309 e. The van der Waals surface area contributed by atoms with Crippen LogP contribution in [0.2, 0.25) is 0 Å². The zero-order chi connectivity index (χ0) is 21.8. The van der Waals surface area contributed by atoms with Crippen LogP contribution in [0.25, 0.3) is 0 Å². The Balaban J connectivity index is 1.15. The van der Waals surface area contributed by atoms with E-state index in [1.54, 1.807) is 12.1 Å². The third-order valence-electron chi connectivity index (χ3n) is 5.89. The molecule has 1 aromatic heterocycles. The molecule has 0 bridgehead atoms. The minimum Gasteiger partial charge on any atom is -0.466 e. The van der Waals surface area contributed by atoms with Crippen LogP contribution in [0.4, 0.5) is 0 Å². The van der Waals surface area contributed by atoms with E-state index in [1.165, 1.54) is 5.56 Å². The highest BCUT2D eigenvalue weighted by atomic mass is 16.7. The molecule has 0 unspecified atom stereocenters. The van der Waals surface area contributed by atoms with E-state index in [2.05, 4.69) is 21.6 Å². The first kappa shape index (κ1) is 21.2. The number of piperidine rings is 1. The van der Waals surface area contributed by atoms with E-state index in [4.69, 9.17) is 13.9 Å². The molecule has 8 nitrogen and oxygen atoms in total. The molecule has 0 saturated carbocycles. The second kappa shape index (κ2) is 9.43. The number of aryl methyl sites for hydroxylation is 2. The van der Waals surface area contributed by atoms with Crippen molar-refractivity contribution in [2.45, 2.75) is 39.8 Å². The molecule has 1 saturated heterocycles. The average molecular weight is 428 g/mol. The predicted molar refractivity (Wildman–Crippen MR) is 114 cm³/mol. The fourth-order valence-corrected chi connectivity index (χ4v) is 4.06. The molecule has 0 spiro atoms. The quantitative estimate of drug-likeness (QED) is 0.687. The van der Waals surface area contributed by atoms with E-state index < -0.39 is 11.8 Å². The summed E-state index contributed by atoms with van der Waals surface area (Å²) in [4.78, 5) is 26.7. The molecule has 31 heavy (non-hydrogen) atoms. The van der Waals surface area contributed by atoms with Gasteiger partial charge in [0.15, 0.2) is 11.5 Å². The molecule has 2 aromatic rings. The maximum Gasteiger partial charge on any atom is 0.309 e. The van der Waals surface area contributed by atoms with Crippen LogP contribution in [-0.4, -0.2) is 43.1 Å². The maximum absolute atomic E-state index is 12.2. The third-order valence-corrected chi connectivity index (χ3v) is 5.89. The third kappa shape index (κ3) is 5.38. The Bertz CT molecular complexity index is 947. The van der Waals surface area contributed by atoms with E-state index in [9.17, 15) is 9.59 Å². The van der Waals surface area contributed by atoms with Gasteiger partial charge in [0.2, 0.25) is 6.79 Å². The topological polar surface area (TPSA) is 93.0 Å². The number of hydrogen-bond donors (Lipinski definition) is 2. The van der Waals surface area contributed by atoms with Crippen molar-refractivity contribution in [2.75, 3.05) is 26.4 Å². The monoisotopic (exact) mass is 427 g/mol. The van der Waals surface area contributed by atoms with Gasteiger partial charge in [-0.15, -0.1) is 0 Å². The zero-order valence-electron chi connectivity index (χ0n) is 18.0. The van der Waals surface area contributed by atoms with Gasteiger partial charge < -0.3 is 24.5 Å². The summed E-state index contributed by atoms with van der Waals surface area (Å²) in [7, 11) is 0. The van der Waals surface area contributed by atoms with Gasteiger partial charge in [-0.2, -0.15) is 0 Å². The van der Waals surface area contributed by atoms with Crippen LogP contribution in [0.5, 0.6) is 11.5 Å². The Morgan fingerprint density at radius 1 is 1.03 bits per heavy atom. The zero-order valence-corrected chi connectivity index (χ0v) is 18.0. The Labute approximate surface area is 181 Å². The van der Waals surface area contributed by atoms with E-state index in [0.717, 1.165) is 49.6 Å². The second-order valence-electron chi connectivity index (χ2n) is 8.24. The van der Waals surface area contributed by atoms with Crippen LogP contribution in [0.1, 0.15) is 35.5 Å². The number of nitrogens with zero attached hydrogens (tertiary/aromatic N) is 1. The van der Waals surface area contributed by atoms with Gasteiger partial charge in [0.1, 0.15) is 11.5 Å². The molecule has 1 fully saturated rings. The molecule has 2 N–H and O–H groups in total. The SMILES string of the molecule is Cc1cc(CN2CCC(CNC(=O)C(=O)NCc3ccc4c(c3)OCO4)CC2)c(C)o1. The summed E-state index contributed by atoms with van der Waals surface area (Å²) in [6, 6.07) is 7.54. The summed E-state index contributed by atoms with van der Waals surface area (Å²) in [5, 5.41) is 5.43. The Hall–Kier alpha value is -3.00. The highest BCUT2D eigenvalue weighted by Crippen LogP contribution is 2.32. The molecular formula is C23H29N3O5. The predicted octanol–water partition coefficient (Wildman–Crippen LogP) is 2.27. The Morgan fingerprint density at radius 3 is 2.52 bits per heavy atom. The lowest BCUT2D eigenvalue weighted by Gasteiger charge is -2.31. The van der Waals surface area contributed by atoms with Gasteiger partial charge >= 0.3 is 11.8 Å². The number of ether oxygens (including phenoxy) is 2. The number of hydrogen-bond acceptors (Lipinski definition) is 6. The van der Waals surface area contributed by atoms with Gasteiger partial charge in [-0.25, -0.2) is 0 Å². The number of fused-ring (bicyclic) bond motifs is 1. The first-order chi connectivity index (χ1) is 15.0. The van der Waals surface area contributed by atoms with E-state index in [1.807, 2.05) is 19.9 Å². The van der Waals surface area contributed by atoms with Gasteiger partial charge in [-0.3, -0.25) is 14.5 Å².